The maximum Gasteiger partial charge on any atom is 0.329 e. The molecule has 0 bridgehead atoms. The van der Waals surface area contributed by atoms with Crippen LogP contribution < -0.4 is 15.7 Å². The van der Waals surface area contributed by atoms with Gasteiger partial charge in [0.25, 0.3) is 0 Å². The van der Waals surface area contributed by atoms with Gasteiger partial charge in [-0.3, -0.25) is 4.79 Å². The first-order valence-electron chi connectivity index (χ1n) is 12.4. The Morgan fingerprint density at radius 2 is 1.87 bits per heavy atom. The molecule has 1 amide bonds. The molecule has 7 nitrogen and oxygen atoms in total. The van der Waals surface area contributed by atoms with Crippen molar-refractivity contribution in [3.05, 3.63) is 98.2 Å². The van der Waals surface area contributed by atoms with Crippen molar-refractivity contribution in [2.45, 2.75) is 31.7 Å². The van der Waals surface area contributed by atoms with Gasteiger partial charge >= 0.3 is 5.69 Å². The standard InChI is InChI=1S/C29H27FIN3O4/c1-17(19-5-3-2-4-6-19)26(27(35)32-24-14-11-21(31)15-23(24)30)34-28(36)25(33-29(34)37)20-9-12-22(13-10-20)38-16-18-7-8-18/h2-6,9-15,17-18,26,36H,7-8,16H2,1H3,(H,32,35)(H,33,37)/t17-,26-/m0/s1. The van der Waals surface area contributed by atoms with E-state index in [2.05, 4.69) is 10.3 Å². The van der Waals surface area contributed by atoms with E-state index in [-0.39, 0.29) is 17.3 Å². The average molecular weight is 627 g/mol. The minimum atomic E-state index is -1.17. The van der Waals surface area contributed by atoms with Crippen molar-refractivity contribution in [1.82, 2.24) is 9.55 Å². The Morgan fingerprint density at radius 3 is 2.53 bits per heavy atom. The summed E-state index contributed by atoms with van der Waals surface area (Å²) in [6.07, 6.45) is 2.38. The monoisotopic (exact) mass is 627 g/mol. The Labute approximate surface area is 232 Å². The van der Waals surface area contributed by atoms with Crippen LogP contribution in [0.25, 0.3) is 11.3 Å². The summed E-state index contributed by atoms with van der Waals surface area (Å²) in [5.74, 6) is -0.815. The normalized spacial score (nSPS) is 14.6. The maximum atomic E-state index is 14.6. The lowest BCUT2D eigenvalue weighted by molar-refractivity contribution is -0.120. The molecule has 1 fully saturated rings. The number of nitrogens with zero attached hydrogens (tertiary/aromatic N) is 1. The molecule has 1 saturated carbocycles. The van der Waals surface area contributed by atoms with Gasteiger partial charge in [0.2, 0.25) is 11.8 Å². The number of nitrogens with one attached hydrogen (secondary N) is 2. The van der Waals surface area contributed by atoms with Crippen molar-refractivity contribution < 1.29 is 19.0 Å². The van der Waals surface area contributed by atoms with Crippen molar-refractivity contribution in [3.63, 3.8) is 0 Å². The minimum absolute atomic E-state index is 0.00855. The third kappa shape index (κ3) is 5.62. The number of carbonyl (C=O) groups excluding carboxylic acids is 1. The summed E-state index contributed by atoms with van der Waals surface area (Å²) >= 11 is 1.98. The van der Waals surface area contributed by atoms with E-state index in [1.165, 1.54) is 25.0 Å². The third-order valence-electron chi connectivity index (χ3n) is 6.76. The fraction of sp³-hybridized carbons (Fsp3) is 0.241. The first-order valence-corrected chi connectivity index (χ1v) is 13.5. The van der Waals surface area contributed by atoms with Crippen LogP contribution in [0.15, 0.2) is 77.6 Å². The summed E-state index contributed by atoms with van der Waals surface area (Å²) < 4.78 is 22.1. The Hall–Kier alpha value is -3.60. The zero-order valence-corrected chi connectivity index (χ0v) is 22.8. The SMILES string of the molecule is C[C@@H](c1ccccc1)[C@@H](C(=O)Nc1ccc(I)cc1F)n1c(O)c(-c2ccc(OCC3CC3)cc2)[nH]c1=O. The number of aromatic amines is 1. The summed E-state index contributed by atoms with van der Waals surface area (Å²) in [7, 11) is 0. The number of anilines is 1. The molecule has 3 N–H and O–H groups in total. The second-order valence-corrected chi connectivity index (χ2v) is 10.8. The molecule has 1 aliphatic rings. The Bertz CT molecular complexity index is 1500. The molecule has 0 spiro atoms. The molecule has 2 atom stereocenters. The zero-order chi connectivity index (χ0) is 26.8. The summed E-state index contributed by atoms with van der Waals surface area (Å²) in [4.78, 5) is 29.5. The molecule has 38 heavy (non-hydrogen) atoms. The second kappa shape index (κ2) is 11.0. The molecule has 5 rings (SSSR count). The van der Waals surface area contributed by atoms with E-state index < -0.39 is 29.4 Å². The molecular formula is C29H27FIN3O4. The number of hydrogen-bond donors (Lipinski definition) is 3. The van der Waals surface area contributed by atoms with Crippen LogP contribution in [0.3, 0.4) is 0 Å². The van der Waals surface area contributed by atoms with E-state index in [0.29, 0.717) is 27.4 Å². The summed E-state index contributed by atoms with van der Waals surface area (Å²) in [5.41, 5.74) is 0.861. The lowest BCUT2D eigenvalue weighted by atomic mass is 9.92. The van der Waals surface area contributed by atoms with Crippen molar-refractivity contribution in [2.75, 3.05) is 11.9 Å². The van der Waals surface area contributed by atoms with Crippen molar-refractivity contribution in [2.24, 2.45) is 5.92 Å². The fourth-order valence-corrected chi connectivity index (χ4v) is 4.87. The predicted molar refractivity (Wildman–Crippen MR) is 152 cm³/mol. The Balaban J connectivity index is 1.50. The molecule has 0 radical (unpaired) electrons. The van der Waals surface area contributed by atoms with Gasteiger partial charge in [-0.05, 0) is 89.4 Å². The number of imidazole rings is 1. The molecule has 196 valence electrons. The quantitative estimate of drug-likeness (QED) is 0.197. The first kappa shape index (κ1) is 26.0. The molecule has 0 saturated heterocycles. The van der Waals surface area contributed by atoms with E-state index >= 15 is 0 Å². The highest BCUT2D eigenvalue weighted by atomic mass is 127. The highest BCUT2D eigenvalue weighted by molar-refractivity contribution is 14.1. The van der Waals surface area contributed by atoms with E-state index in [4.69, 9.17) is 4.74 Å². The molecule has 1 aromatic heterocycles. The minimum Gasteiger partial charge on any atom is -0.493 e. The molecule has 1 heterocycles. The summed E-state index contributed by atoms with van der Waals surface area (Å²) in [5, 5.41) is 13.8. The number of rotatable bonds is 9. The number of amides is 1. The largest absolute Gasteiger partial charge is 0.493 e. The average Bonchev–Trinajstić information content (AvgIpc) is 3.70. The molecule has 1 aliphatic carbocycles. The number of halogens is 2. The van der Waals surface area contributed by atoms with Crippen LogP contribution in [0.4, 0.5) is 10.1 Å². The molecule has 3 aromatic carbocycles. The van der Waals surface area contributed by atoms with Crippen LogP contribution in [0, 0.1) is 15.3 Å². The van der Waals surface area contributed by atoms with Gasteiger partial charge in [-0.1, -0.05) is 37.3 Å². The van der Waals surface area contributed by atoms with Crippen LogP contribution >= 0.6 is 22.6 Å². The van der Waals surface area contributed by atoms with Gasteiger partial charge in [0.1, 0.15) is 23.3 Å². The zero-order valence-electron chi connectivity index (χ0n) is 20.7. The van der Waals surface area contributed by atoms with Crippen LogP contribution in [0.1, 0.15) is 37.3 Å². The van der Waals surface area contributed by atoms with E-state index in [9.17, 15) is 19.1 Å². The predicted octanol–water partition coefficient (Wildman–Crippen LogP) is 6.07. The van der Waals surface area contributed by atoms with Gasteiger partial charge in [0, 0.05) is 15.1 Å². The van der Waals surface area contributed by atoms with Gasteiger partial charge in [-0.2, -0.15) is 0 Å². The molecule has 0 aliphatic heterocycles. The van der Waals surface area contributed by atoms with Gasteiger partial charge < -0.3 is 20.1 Å². The van der Waals surface area contributed by atoms with Crippen LogP contribution in [-0.4, -0.2) is 27.2 Å². The number of benzene rings is 3. The summed E-state index contributed by atoms with van der Waals surface area (Å²) in [6, 6.07) is 19.5. The maximum absolute atomic E-state index is 14.6. The molecule has 9 heteroatoms. The van der Waals surface area contributed by atoms with Gasteiger partial charge in [-0.25, -0.2) is 13.8 Å². The van der Waals surface area contributed by atoms with E-state index in [1.807, 2.05) is 52.9 Å². The van der Waals surface area contributed by atoms with E-state index in [1.54, 1.807) is 37.3 Å². The Kier molecular flexibility index (Phi) is 7.55. The third-order valence-corrected chi connectivity index (χ3v) is 7.43. The smallest absolute Gasteiger partial charge is 0.329 e. The summed E-state index contributed by atoms with van der Waals surface area (Å²) in [6.45, 7) is 2.46. The molecule has 0 unspecified atom stereocenters. The second-order valence-electron chi connectivity index (χ2n) is 9.54. The highest BCUT2D eigenvalue weighted by Crippen LogP contribution is 2.36. The van der Waals surface area contributed by atoms with Gasteiger partial charge in [0.05, 0.1) is 12.3 Å². The molecule has 4 aromatic rings. The number of carbonyl (C=O) groups is 1. The highest BCUT2D eigenvalue weighted by Gasteiger charge is 2.33. The van der Waals surface area contributed by atoms with Crippen molar-refractivity contribution in [3.8, 4) is 22.9 Å². The number of ether oxygens (including phenoxy) is 1. The van der Waals surface area contributed by atoms with Crippen LogP contribution in [-0.2, 0) is 4.79 Å². The lowest BCUT2D eigenvalue weighted by Crippen LogP contribution is -2.35. The Morgan fingerprint density at radius 1 is 1.16 bits per heavy atom. The number of H-pyrrole nitrogens is 1. The molecular weight excluding hydrogens is 600 g/mol. The fourth-order valence-electron chi connectivity index (χ4n) is 4.42. The van der Waals surface area contributed by atoms with Crippen molar-refractivity contribution >= 4 is 34.2 Å². The van der Waals surface area contributed by atoms with Gasteiger partial charge in [-0.15, -0.1) is 0 Å². The first-order chi connectivity index (χ1) is 18.3. The number of hydrogen-bond acceptors (Lipinski definition) is 4. The van der Waals surface area contributed by atoms with Gasteiger partial charge in [0.15, 0.2) is 0 Å². The van der Waals surface area contributed by atoms with Crippen molar-refractivity contribution in [1.29, 1.82) is 0 Å². The van der Waals surface area contributed by atoms with Crippen LogP contribution in [0.2, 0.25) is 0 Å². The van der Waals surface area contributed by atoms with E-state index in [0.717, 1.165) is 10.1 Å². The number of aromatic hydroxyl groups is 1. The number of aromatic nitrogens is 2. The topological polar surface area (TPSA) is 96.3 Å². The van der Waals surface area contributed by atoms with Crippen LogP contribution in [0.5, 0.6) is 11.6 Å². The lowest BCUT2D eigenvalue weighted by Gasteiger charge is -2.25.